The van der Waals surface area contributed by atoms with Crippen LogP contribution in [0.2, 0.25) is 0 Å². The van der Waals surface area contributed by atoms with Gasteiger partial charge < -0.3 is 14.4 Å². The molecule has 1 aliphatic heterocycles. The van der Waals surface area contributed by atoms with Gasteiger partial charge in [-0.2, -0.15) is 0 Å². The first-order chi connectivity index (χ1) is 11.4. The van der Waals surface area contributed by atoms with Crippen LogP contribution in [0.25, 0.3) is 0 Å². The molecule has 2 aromatic rings. The number of amides is 1. The molecular formula is C18H23N3O3. The fourth-order valence-electron chi connectivity index (χ4n) is 3.16. The molecule has 3 heterocycles. The number of rotatable bonds is 3. The molecule has 0 spiro atoms. The Hall–Kier alpha value is -2.37. The fourth-order valence-corrected chi connectivity index (χ4v) is 3.16. The average molecular weight is 329 g/mol. The second kappa shape index (κ2) is 6.63. The van der Waals surface area contributed by atoms with Crippen molar-refractivity contribution in [3.8, 4) is 0 Å². The highest BCUT2D eigenvalue weighted by Crippen LogP contribution is 2.26. The molecule has 6 nitrogen and oxygen atoms in total. The second-order valence-electron chi connectivity index (χ2n) is 6.82. The summed E-state index contributed by atoms with van der Waals surface area (Å²) in [5.41, 5.74) is 2.53. The van der Waals surface area contributed by atoms with Crippen molar-refractivity contribution in [1.29, 1.82) is 0 Å². The molecule has 24 heavy (non-hydrogen) atoms. The Bertz CT molecular complexity index is 791. The van der Waals surface area contributed by atoms with E-state index < -0.39 is 0 Å². The Morgan fingerprint density at radius 1 is 1.38 bits per heavy atom. The number of pyridine rings is 1. The van der Waals surface area contributed by atoms with Gasteiger partial charge in [0, 0.05) is 48.6 Å². The van der Waals surface area contributed by atoms with Gasteiger partial charge >= 0.3 is 0 Å². The van der Waals surface area contributed by atoms with Gasteiger partial charge in [-0.25, -0.2) is 0 Å². The Morgan fingerprint density at radius 2 is 2.17 bits per heavy atom. The van der Waals surface area contributed by atoms with E-state index in [4.69, 9.17) is 4.52 Å². The molecule has 1 saturated heterocycles. The SMILES string of the molecule is Cc1cc(=O)cc([C@H]2CCCN(C(=O)c3cc(C(C)C)no3)C2)[nH]1. The van der Waals surface area contributed by atoms with E-state index in [0.29, 0.717) is 13.1 Å². The second-order valence-corrected chi connectivity index (χ2v) is 6.82. The van der Waals surface area contributed by atoms with Crippen molar-refractivity contribution in [3.05, 3.63) is 51.3 Å². The Morgan fingerprint density at radius 3 is 2.83 bits per heavy atom. The van der Waals surface area contributed by atoms with Crippen LogP contribution in [0.15, 0.2) is 27.5 Å². The lowest BCUT2D eigenvalue weighted by atomic mass is 9.94. The fraction of sp³-hybridized carbons (Fsp3) is 0.500. The maximum absolute atomic E-state index is 12.7. The summed E-state index contributed by atoms with van der Waals surface area (Å²) in [5, 5.41) is 3.96. The summed E-state index contributed by atoms with van der Waals surface area (Å²) in [6.07, 6.45) is 1.86. The van der Waals surface area contributed by atoms with Crippen molar-refractivity contribution in [3.63, 3.8) is 0 Å². The highest BCUT2D eigenvalue weighted by molar-refractivity contribution is 5.91. The van der Waals surface area contributed by atoms with Gasteiger partial charge in [0.2, 0.25) is 5.76 Å². The van der Waals surface area contributed by atoms with Crippen molar-refractivity contribution in [2.24, 2.45) is 0 Å². The number of piperidine rings is 1. The minimum absolute atomic E-state index is 0.00140. The number of likely N-dealkylation sites (tertiary alicyclic amines) is 1. The maximum atomic E-state index is 12.7. The van der Waals surface area contributed by atoms with E-state index in [9.17, 15) is 9.59 Å². The molecule has 1 amide bonds. The smallest absolute Gasteiger partial charge is 0.292 e. The molecule has 0 radical (unpaired) electrons. The van der Waals surface area contributed by atoms with Gasteiger partial charge in [-0.15, -0.1) is 0 Å². The lowest BCUT2D eigenvalue weighted by Gasteiger charge is -2.32. The van der Waals surface area contributed by atoms with Crippen LogP contribution in [0.1, 0.15) is 66.2 Å². The van der Waals surface area contributed by atoms with Crippen LogP contribution in [0, 0.1) is 6.92 Å². The molecule has 0 bridgehead atoms. The van der Waals surface area contributed by atoms with Gasteiger partial charge in [-0.3, -0.25) is 9.59 Å². The number of aromatic amines is 1. The van der Waals surface area contributed by atoms with Crippen LogP contribution < -0.4 is 5.43 Å². The predicted octanol–water partition coefficient (Wildman–Crippen LogP) is 2.81. The van der Waals surface area contributed by atoms with E-state index in [1.54, 1.807) is 23.1 Å². The number of aryl methyl sites for hydroxylation is 1. The monoisotopic (exact) mass is 329 g/mol. The lowest BCUT2D eigenvalue weighted by molar-refractivity contribution is 0.0663. The number of aromatic nitrogens is 2. The van der Waals surface area contributed by atoms with Crippen LogP contribution in [-0.2, 0) is 0 Å². The summed E-state index contributed by atoms with van der Waals surface area (Å²) >= 11 is 0. The maximum Gasteiger partial charge on any atom is 0.292 e. The van der Waals surface area contributed by atoms with Gasteiger partial charge in [0.15, 0.2) is 5.43 Å². The first kappa shape index (κ1) is 16.5. The molecule has 1 aliphatic rings. The molecule has 6 heteroatoms. The van der Waals surface area contributed by atoms with Crippen molar-refractivity contribution in [2.45, 2.75) is 45.4 Å². The zero-order valence-corrected chi connectivity index (χ0v) is 14.3. The van der Waals surface area contributed by atoms with E-state index in [0.717, 1.165) is 29.9 Å². The number of nitrogens with zero attached hydrogens (tertiary/aromatic N) is 2. The average Bonchev–Trinajstić information content (AvgIpc) is 3.03. The van der Waals surface area contributed by atoms with Gasteiger partial charge in [-0.05, 0) is 25.7 Å². The highest BCUT2D eigenvalue weighted by Gasteiger charge is 2.28. The molecule has 0 saturated carbocycles. The third kappa shape index (κ3) is 3.42. The number of carbonyl (C=O) groups excluding carboxylic acids is 1. The Balaban J connectivity index is 1.77. The molecule has 128 valence electrons. The summed E-state index contributed by atoms with van der Waals surface area (Å²) in [4.78, 5) is 29.5. The van der Waals surface area contributed by atoms with Crippen LogP contribution >= 0.6 is 0 Å². The summed E-state index contributed by atoms with van der Waals surface area (Å²) in [7, 11) is 0. The molecule has 1 N–H and O–H groups in total. The zero-order chi connectivity index (χ0) is 17.3. The van der Waals surface area contributed by atoms with E-state index in [1.807, 2.05) is 20.8 Å². The summed E-state index contributed by atoms with van der Waals surface area (Å²) < 4.78 is 5.22. The first-order valence-electron chi connectivity index (χ1n) is 8.41. The van der Waals surface area contributed by atoms with E-state index in [2.05, 4.69) is 10.1 Å². The van der Waals surface area contributed by atoms with Crippen LogP contribution in [-0.4, -0.2) is 34.0 Å². The quantitative estimate of drug-likeness (QED) is 0.939. The largest absolute Gasteiger partial charge is 0.362 e. The number of hydrogen-bond donors (Lipinski definition) is 1. The minimum atomic E-state index is -0.130. The van der Waals surface area contributed by atoms with Crippen molar-refractivity contribution in [2.75, 3.05) is 13.1 Å². The normalized spacial score (nSPS) is 18.2. The minimum Gasteiger partial charge on any atom is -0.362 e. The van der Waals surface area contributed by atoms with E-state index >= 15 is 0 Å². The van der Waals surface area contributed by atoms with Gasteiger partial charge in [-0.1, -0.05) is 19.0 Å². The predicted molar refractivity (Wildman–Crippen MR) is 90.3 cm³/mol. The number of carbonyl (C=O) groups is 1. The van der Waals surface area contributed by atoms with Gasteiger partial charge in [0.1, 0.15) is 0 Å². The first-order valence-corrected chi connectivity index (χ1v) is 8.41. The van der Waals surface area contributed by atoms with E-state index in [1.165, 1.54) is 0 Å². The molecule has 1 fully saturated rings. The molecule has 0 aromatic carbocycles. The number of hydrogen-bond acceptors (Lipinski definition) is 4. The van der Waals surface area contributed by atoms with E-state index in [-0.39, 0.29) is 28.9 Å². The molecule has 0 aliphatic carbocycles. The van der Waals surface area contributed by atoms with Crippen molar-refractivity contribution >= 4 is 5.91 Å². The summed E-state index contributed by atoms with van der Waals surface area (Å²) in [5.74, 6) is 0.524. The molecule has 2 aromatic heterocycles. The van der Waals surface area contributed by atoms with Crippen LogP contribution in [0.3, 0.4) is 0 Å². The molecular weight excluding hydrogens is 306 g/mol. The topological polar surface area (TPSA) is 79.2 Å². The molecule has 3 rings (SSSR count). The Labute approximate surface area is 140 Å². The lowest BCUT2D eigenvalue weighted by Crippen LogP contribution is -2.39. The zero-order valence-electron chi connectivity index (χ0n) is 14.3. The summed E-state index contributed by atoms with van der Waals surface area (Å²) in [6.45, 7) is 7.17. The Kier molecular flexibility index (Phi) is 4.55. The third-order valence-corrected chi connectivity index (χ3v) is 4.48. The van der Waals surface area contributed by atoms with Crippen LogP contribution in [0.5, 0.6) is 0 Å². The number of H-pyrrole nitrogens is 1. The highest BCUT2D eigenvalue weighted by atomic mass is 16.5. The summed E-state index contributed by atoms with van der Waals surface area (Å²) in [6, 6.07) is 4.94. The van der Waals surface area contributed by atoms with Crippen LogP contribution in [0.4, 0.5) is 0 Å². The molecule has 1 atom stereocenters. The van der Waals surface area contributed by atoms with Crippen molar-refractivity contribution in [1.82, 2.24) is 15.0 Å². The standard InChI is InChI=1S/C18H23N3O3/c1-11(2)15-9-17(24-20-15)18(23)21-6-4-5-13(10-21)16-8-14(22)7-12(3)19-16/h7-9,11,13H,4-6,10H2,1-3H3,(H,19,22)/t13-/m0/s1. The molecule has 0 unspecified atom stereocenters. The third-order valence-electron chi connectivity index (χ3n) is 4.48. The van der Waals surface area contributed by atoms with Gasteiger partial charge in [0.25, 0.3) is 5.91 Å². The van der Waals surface area contributed by atoms with Gasteiger partial charge in [0.05, 0.1) is 5.69 Å². The number of nitrogens with one attached hydrogen (secondary N) is 1. The van der Waals surface area contributed by atoms with Crippen molar-refractivity contribution < 1.29 is 9.32 Å².